The summed E-state index contributed by atoms with van der Waals surface area (Å²) in [6.45, 7) is 1.95. The summed E-state index contributed by atoms with van der Waals surface area (Å²) in [5, 5.41) is 0. The summed E-state index contributed by atoms with van der Waals surface area (Å²) in [5.74, 6) is -0.0871. The molecule has 1 aliphatic rings. The van der Waals surface area contributed by atoms with Crippen molar-refractivity contribution in [1.29, 1.82) is 0 Å². The quantitative estimate of drug-likeness (QED) is 0.207. The third kappa shape index (κ3) is 4.46. The van der Waals surface area contributed by atoms with Crippen molar-refractivity contribution in [2.24, 2.45) is 0 Å². The first kappa shape index (κ1) is 21.9. The lowest BCUT2D eigenvalue weighted by molar-refractivity contribution is -0.123. The van der Waals surface area contributed by atoms with Gasteiger partial charge in [0.15, 0.2) is 11.5 Å². The van der Waals surface area contributed by atoms with Crippen molar-refractivity contribution in [1.82, 2.24) is 4.90 Å². The summed E-state index contributed by atoms with van der Waals surface area (Å²) in [5.41, 5.74) is 1.72. The van der Waals surface area contributed by atoms with E-state index >= 15 is 0 Å². The Morgan fingerprint density at radius 3 is 2.59 bits per heavy atom. The van der Waals surface area contributed by atoms with E-state index in [0.717, 1.165) is 5.56 Å². The summed E-state index contributed by atoms with van der Waals surface area (Å²) >= 11 is 6.74. The number of carbonyl (C=O) groups is 2. The third-order valence-corrected chi connectivity index (χ3v) is 6.23. The van der Waals surface area contributed by atoms with Crippen LogP contribution in [-0.2, 0) is 4.79 Å². The molecule has 3 aromatic rings. The molecule has 0 N–H and O–H groups in total. The Labute approximate surface area is 194 Å². The summed E-state index contributed by atoms with van der Waals surface area (Å²) in [6, 6.07) is 17.7. The molecule has 0 spiro atoms. The van der Waals surface area contributed by atoms with Gasteiger partial charge in [-0.15, -0.1) is 0 Å². The highest BCUT2D eigenvalue weighted by Gasteiger charge is 2.35. The van der Waals surface area contributed by atoms with Gasteiger partial charge in [0.1, 0.15) is 4.32 Å². The Morgan fingerprint density at radius 2 is 1.91 bits per heavy atom. The zero-order valence-corrected chi connectivity index (χ0v) is 18.9. The van der Waals surface area contributed by atoms with Crippen molar-refractivity contribution < 1.29 is 23.5 Å². The van der Waals surface area contributed by atoms with E-state index in [4.69, 9.17) is 26.1 Å². The second kappa shape index (κ2) is 9.42. The molecule has 1 saturated heterocycles. The molecule has 0 aliphatic carbocycles. The van der Waals surface area contributed by atoms with Crippen molar-refractivity contribution in [2.45, 2.75) is 13.0 Å². The Bertz CT molecular complexity index is 1190. The number of benzene rings is 2. The molecular formula is C24H19NO5S2. The van der Waals surface area contributed by atoms with E-state index in [1.165, 1.54) is 31.2 Å². The number of carbonyl (C=O) groups excluding carboxylic acids is 2. The molecule has 1 unspecified atom stereocenters. The number of thioether (sulfide) groups is 1. The molecule has 1 fully saturated rings. The van der Waals surface area contributed by atoms with E-state index in [-0.39, 0.29) is 23.5 Å². The van der Waals surface area contributed by atoms with Crippen LogP contribution < -0.4 is 9.47 Å². The second-order valence-electron chi connectivity index (χ2n) is 6.92. The van der Waals surface area contributed by atoms with Crippen LogP contribution in [0.25, 0.3) is 6.08 Å². The maximum Gasteiger partial charge on any atom is 0.379 e. The van der Waals surface area contributed by atoms with Gasteiger partial charge >= 0.3 is 5.97 Å². The van der Waals surface area contributed by atoms with Crippen molar-refractivity contribution in [3.05, 3.63) is 88.7 Å². The molecule has 0 saturated carbocycles. The molecule has 0 radical (unpaired) electrons. The van der Waals surface area contributed by atoms with Crippen LogP contribution in [0.1, 0.15) is 34.6 Å². The lowest BCUT2D eigenvalue weighted by atomic mass is 10.1. The molecule has 162 valence electrons. The molecule has 1 amide bonds. The Balaban J connectivity index is 1.55. The monoisotopic (exact) mass is 465 g/mol. The molecule has 1 aromatic heterocycles. The molecule has 6 nitrogen and oxygen atoms in total. The molecule has 8 heteroatoms. The van der Waals surface area contributed by atoms with Crippen molar-refractivity contribution in [3.63, 3.8) is 0 Å². The van der Waals surface area contributed by atoms with E-state index < -0.39 is 5.97 Å². The fraction of sp³-hybridized carbons (Fsp3) is 0.125. The molecule has 4 rings (SSSR count). The smallest absolute Gasteiger partial charge is 0.379 e. The average molecular weight is 466 g/mol. The number of esters is 1. The number of rotatable bonds is 6. The van der Waals surface area contributed by atoms with E-state index in [9.17, 15) is 9.59 Å². The highest BCUT2D eigenvalue weighted by atomic mass is 32.2. The summed E-state index contributed by atoms with van der Waals surface area (Å²) in [7, 11) is 1.48. The Hall–Kier alpha value is -3.36. The number of ether oxygens (including phenoxy) is 2. The fourth-order valence-corrected chi connectivity index (χ4v) is 4.67. The zero-order chi connectivity index (χ0) is 22.7. The topological polar surface area (TPSA) is 69.0 Å². The van der Waals surface area contributed by atoms with Crippen LogP contribution in [0.4, 0.5) is 0 Å². The van der Waals surface area contributed by atoms with Gasteiger partial charge in [-0.1, -0.05) is 60.4 Å². The number of furan rings is 1. The van der Waals surface area contributed by atoms with E-state index in [1.54, 1.807) is 35.2 Å². The number of hydrogen-bond acceptors (Lipinski definition) is 7. The van der Waals surface area contributed by atoms with Gasteiger partial charge < -0.3 is 13.9 Å². The van der Waals surface area contributed by atoms with Crippen LogP contribution in [0.2, 0.25) is 0 Å². The maximum absolute atomic E-state index is 13.1. The molecule has 0 bridgehead atoms. The number of thiocarbonyl (C=S) groups is 1. The highest BCUT2D eigenvalue weighted by molar-refractivity contribution is 8.26. The van der Waals surface area contributed by atoms with Crippen molar-refractivity contribution >= 4 is 46.3 Å². The molecule has 2 aromatic carbocycles. The molecular weight excluding hydrogens is 446 g/mol. The average Bonchev–Trinajstić information content (AvgIpc) is 3.43. The molecule has 2 heterocycles. The largest absolute Gasteiger partial charge is 0.493 e. The van der Waals surface area contributed by atoms with Crippen molar-refractivity contribution in [3.8, 4) is 11.5 Å². The number of amides is 1. The van der Waals surface area contributed by atoms with Crippen LogP contribution in [-0.4, -0.2) is 28.2 Å². The minimum absolute atomic E-state index is 0.0901. The van der Waals surface area contributed by atoms with Crippen LogP contribution in [0, 0.1) is 0 Å². The van der Waals surface area contributed by atoms with Gasteiger partial charge in [0.05, 0.1) is 24.3 Å². The number of hydrogen-bond donors (Lipinski definition) is 0. The fourth-order valence-electron chi connectivity index (χ4n) is 3.25. The SMILES string of the molecule is COc1cc(/C=C2/SC(=S)N(C(C)c3ccccc3)C2=O)ccc1OC(=O)c1ccco1. The number of nitrogens with zero attached hydrogens (tertiary/aromatic N) is 1. The first-order valence-electron chi connectivity index (χ1n) is 9.73. The Kier molecular flexibility index (Phi) is 6.43. The van der Waals surface area contributed by atoms with Crippen LogP contribution in [0.15, 0.2) is 76.2 Å². The summed E-state index contributed by atoms with van der Waals surface area (Å²) in [4.78, 5) is 27.4. The lowest BCUT2D eigenvalue weighted by Gasteiger charge is -2.23. The molecule has 1 atom stereocenters. The predicted octanol–water partition coefficient (Wildman–Crippen LogP) is 5.47. The van der Waals surface area contributed by atoms with E-state index in [2.05, 4.69) is 0 Å². The first-order valence-corrected chi connectivity index (χ1v) is 11.0. The standard InChI is InChI=1S/C24H19NO5S2/c1-15(17-7-4-3-5-8-17)25-22(26)21(32-24(25)31)14-16-10-11-18(20(13-16)28-2)30-23(27)19-9-6-12-29-19/h3-15H,1-2H3/b21-14+. The molecule has 1 aliphatic heterocycles. The van der Waals surface area contributed by atoms with Gasteiger partial charge in [-0.2, -0.15) is 0 Å². The summed E-state index contributed by atoms with van der Waals surface area (Å²) in [6.07, 6.45) is 3.14. The van der Waals surface area contributed by atoms with Crippen molar-refractivity contribution in [2.75, 3.05) is 7.11 Å². The van der Waals surface area contributed by atoms with Crippen LogP contribution in [0.3, 0.4) is 0 Å². The lowest BCUT2D eigenvalue weighted by Crippen LogP contribution is -2.30. The summed E-state index contributed by atoms with van der Waals surface area (Å²) < 4.78 is 16.3. The van der Waals surface area contributed by atoms with Gasteiger partial charge in [-0.25, -0.2) is 4.79 Å². The third-order valence-electron chi connectivity index (χ3n) is 4.90. The normalized spacial score (nSPS) is 15.8. The Morgan fingerprint density at radius 1 is 1.12 bits per heavy atom. The minimum atomic E-state index is -0.628. The first-order chi connectivity index (χ1) is 15.5. The van der Waals surface area contributed by atoms with E-state index in [0.29, 0.717) is 20.5 Å². The van der Waals surface area contributed by atoms with Crippen LogP contribution >= 0.6 is 24.0 Å². The number of methoxy groups -OCH3 is 1. The van der Waals surface area contributed by atoms with E-state index in [1.807, 2.05) is 37.3 Å². The minimum Gasteiger partial charge on any atom is -0.493 e. The predicted molar refractivity (Wildman–Crippen MR) is 127 cm³/mol. The van der Waals surface area contributed by atoms with Gasteiger partial charge in [0.2, 0.25) is 5.76 Å². The highest BCUT2D eigenvalue weighted by Crippen LogP contribution is 2.39. The van der Waals surface area contributed by atoms with Crippen LogP contribution in [0.5, 0.6) is 11.5 Å². The molecule has 32 heavy (non-hydrogen) atoms. The van der Waals surface area contributed by atoms with Gasteiger partial charge in [-0.05, 0) is 48.4 Å². The zero-order valence-electron chi connectivity index (χ0n) is 17.3. The van der Waals surface area contributed by atoms with Gasteiger partial charge in [0.25, 0.3) is 5.91 Å². The van der Waals surface area contributed by atoms with Gasteiger partial charge in [-0.3, -0.25) is 9.69 Å². The maximum atomic E-state index is 13.1. The second-order valence-corrected chi connectivity index (χ2v) is 8.59. The van der Waals surface area contributed by atoms with Gasteiger partial charge in [0, 0.05) is 0 Å².